The Labute approximate surface area is 104 Å². The quantitative estimate of drug-likeness (QED) is 0.278. The molecule has 0 saturated heterocycles. The van der Waals surface area contributed by atoms with E-state index in [9.17, 15) is 9.59 Å². The number of carboxylic acid groups (broad SMARTS) is 2. The average molecular weight is 271 g/mol. The van der Waals surface area contributed by atoms with Crippen molar-refractivity contribution < 1.29 is 40.2 Å². The number of aliphatic carboxylic acids is 2. The molecule has 0 aliphatic heterocycles. The maximum absolute atomic E-state index is 9.85. The van der Waals surface area contributed by atoms with E-state index in [0.717, 1.165) is 0 Å². The van der Waals surface area contributed by atoms with E-state index in [4.69, 9.17) is 36.4 Å². The monoisotopic (exact) mass is 271 g/mol. The second-order valence-corrected chi connectivity index (χ2v) is 3.02. The minimum Gasteiger partial charge on any atom is -0.481 e. The summed E-state index contributed by atoms with van der Waals surface area (Å²) in [5.41, 5.74) is 4.84. The molecule has 0 aliphatic rings. The van der Waals surface area contributed by atoms with Crippen LogP contribution in [0.4, 0.5) is 0 Å². The molecule has 8 N–H and O–H groups in total. The Hall–Kier alpha value is -1.26. The van der Waals surface area contributed by atoms with Crippen molar-refractivity contribution in [1.29, 1.82) is 0 Å². The maximum Gasteiger partial charge on any atom is 0.321 e. The average Bonchev–Trinajstić information content (AvgIpc) is 2.29. The molecule has 9 heteroatoms. The smallest absolute Gasteiger partial charge is 0.321 e. The Morgan fingerprint density at radius 3 is 1.50 bits per heavy atom. The van der Waals surface area contributed by atoms with Crippen molar-refractivity contribution in [3.63, 3.8) is 0 Å². The van der Waals surface area contributed by atoms with Gasteiger partial charge in [0.1, 0.15) is 6.04 Å². The number of hydrogen-bond donors (Lipinski definition) is 7. The summed E-state index contributed by atoms with van der Waals surface area (Å²) in [6.45, 7) is 1.14. The molecule has 0 aromatic carbocycles. The van der Waals surface area contributed by atoms with Gasteiger partial charge in [0.25, 0.3) is 0 Å². The largest absolute Gasteiger partial charge is 0.481 e. The highest BCUT2D eigenvalue weighted by Crippen LogP contribution is 1.86. The van der Waals surface area contributed by atoms with Gasteiger partial charge in [0, 0.05) is 0 Å². The predicted octanol–water partition coefficient (Wildman–Crippen LogP) is -2.80. The van der Waals surface area contributed by atoms with Crippen LogP contribution in [-0.4, -0.2) is 74.5 Å². The van der Waals surface area contributed by atoms with E-state index in [1.54, 1.807) is 0 Å². The number of carboxylic acids is 2. The summed E-state index contributed by atoms with van der Waals surface area (Å²) in [6, 6.07) is -1.29. The lowest BCUT2D eigenvalue weighted by atomic mass is 10.2. The molecule has 0 bridgehead atoms. The molecule has 0 aromatic heterocycles. The first-order valence-corrected chi connectivity index (χ1v) is 4.93. The number of rotatable bonds is 5. The molecule has 9 nitrogen and oxygen atoms in total. The van der Waals surface area contributed by atoms with Gasteiger partial charge in [0.15, 0.2) is 0 Å². The zero-order valence-corrected chi connectivity index (χ0v) is 10.1. The zero-order valence-electron chi connectivity index (χ0n) is 10.1. The Kier molecular flexibility index (Phi) is 19.2. The molecule has 0 aliphatic carbocycles. The molecule has 2 atom stereocenters. The maximum atomic E-state index is 9.85. The lowest BCUT2D eigenvalue weighted by Crippen LogP contribution is -2.32. The van der Waals surface area contributed by atoms with Crippen molar-refractivity contribution in [3.8, 4) is 0 Å². The van der Waals surface area contributed by atoms with Crippen molar-refractivity contribution in [2.24, 2.45) is 5.73 Å². The van der Waals surface area contributed by atoms with Crippen molar-refractivity contribution >= 4 is 11.9 Å². The Morgan fingerprint density at radius 2 is 1.44 bits per heavy atom. The third-order valence-corrected chi connectivity index (χ3v) is 1.08. The van der Waals surface area contributed by atoms with Crippen LogP contribution in [0.1, 0.15) is 13.3 Å². The second-order valence-electron chi connectivity index (χ2n) is 3.02. The molecule has 0 radical (unpaired) electrons. The van der Waals surface area contributed by atoms with Crippen LogP contribution < -0.4 is 5.73 Å². The molecular formula is C9H21NO8. The first-order valence-electron chi connectivity index (χ1n) is 4.93. The van der Waals surface area contributed by atoms with Gasteiger partial charge in [0.2, 0.25) is 0 Å². The number of carbonyl (C=O) groups is 2. The molecule has 0 heterocycles. The summed E-state index contributed by atoms with van der Waals surface area (Å²) in [5, 5.41) is 47.3. The molecule has 0 rings (SSSR count). The molecular weight excluding hydrogens is 250 g/mol. The van der Waals surface area contributed by atoms with Gasteiger partial charge in [-0.2, -0.15) is 0 Å². The third kappa shape index (κ3) is 29.3. The van der Waals surface area contributed by atoms with Crippen LogP contribution in [0.5, 0.6) is 0 Å². The summed E-state index contributed by atoms with van der Waals surface area (Å²) in [4.78, 5) is 19.6. The summed E-state index contributed by atoms with van der Waals surface area (Å²) >= 11 is 0. The second kappa shape index (κ2) is 15.7. The van der Waals surface area contributed by atoms with Crippen molar-refractivity contribution in [2.75, 3.05) is 19.8 Å². The van der Waals surface area contributed by atoms with Gasteiger partial charge in [0.05, 0.1) is 32.3 Å². The minimum absolute atomic E-state index is 0.125. The number of hydrogen-bond acceptors (Lipinski definition) is 7. The van der Waals surface area contributed by atoms with Crippen LogP contribution in [0, 0.1) is 0 Å². The number of nitrogens with two attached hydrogens (primary N) is 1. The fraction of sp³-hybridized carbons (Fsp3) is 0.778. The van der Waals surface area contributed by atoms with Gasteiger partial charge in [-0.3, -0.25) is 9.59 Å². The van der Waals surface area contributed by atoms with E-state index in [-0.39, 0.29) is 19.8 Å². The zero-order chi connectivity index (χ0) is 15.1. The van der Waals surface area contributed by atoms with Crippen molar-refractivity contribution in [2.45, 2.75) is 25.5 Å². The van der Waals surface area contributed by atoms with E-state index >= 15 is 0 Å². The highest BCUT2D eigenvalue weighted by molar-refractivity contribution is 5.80. The van der Waals surface area contributed by atoms with Gasteiger partial charge in [-0.25, -0.2) is 0 Å². The van der Waals surface area contributed by atoms with Gasteiger partial charge >= 0.3 is 11.9 Å². The molecule has 0 saturated carbocycles. The van der Waals surface area contributed by atoms with E-state index in [0.29, 0.717) is 0 Å². The summed E-state index contributed by atoms with van der Waals surface area (Å²) < 4.78 is 0. The summed E-state index contributed by atoms with van der Waals surface area (Å²) in [5.74, 6) is -2.50. The van der Waals surface area contributed by atoms with Crippen LogP contribution in [-0.2, 0) is 9.59 Å². The topological polar surface area (TPSA) is 182 Å². The van der Waals surface area contributed by atoms with Crippen LogP contribution in [0.3, 0.4) is 0 Å². The van der Waals surface area contributed by atoms with E-state index in [2.05, 4.69) is 0 Å². The molecule has 0 amide bonds. The molecule has 2 unspecified atom stereocenters. The molecule has 18 heavy (non-hydrogen) atoms. The van der Waals surface area contributed by atoms with Crippen LogP contribution >= 0.6 is 0 Å². The SMILES string of the molecule is CC(O)CO.NC(CC(=O)O)C(=O)O.OCCO. The van der Waals surface area contributed by atoms with Crippen molar-refractivity contribution in [1.82, 2.24) is 0 Å². The Balaban J connectivity index is -0.000000212. The van der Waals surface area contributed by atoms with Gasteiger partial charge in [-0.15, -0.1) is 0 Å². The highest BCUT2D eigenvalue weighted by Gasteiger charge is 2.14. The molecule has 0 aromatic rings. The van der Waals surface area contributed by atoms with Gasteiger partial charge in [-0.05, 0) is 6.92 Å². The van der Waals surface area contributed by atoms with Gasteiger partial charge < -0.3 is 36.4 Å². The molecule has 0 fully saturated rings. The molecule has 0 spiro atoms. The summed E-state index contributed by atoms with van der Waals surface area (Å²) in [7, 11) is 0. The minimum atomic E-state index is -1.29. The van der Waals surface area contributed by atoms with Crippen LogP contribution in [0.2, 0.25) is 0 Å². The van der Waals surface area contributed by atoms with E-state index in [1.165, 1.54) is 6.92 Å². The normalized spacial score (nSPS) is 12.1. The summed E-state index contributed by atoms with van der Waals surface area (Å²) in [6.07, 6.45) is -1.09. The number of aliphatic hydroxyl groups is 4. The van der Waals surface area contributed by atoms with E-state index in [1.807, 2.05) is 0 Å². The Bertz CT molecular complexity index is 207. The van der Waals surface area contributed by atoms with Crippen molar-refractivity contribution in [3.05, 3.63) is 0 Å². The lowest BCUT2D eigenvalue weighted by Gasteiger charge is -1.99. The lowest BCUT2D eigenvalue weighted by molar-refractivity contribution is -0.144. The first-order chi connectivity index (χ1) is 8.22. The Morgan fingerprint density at radius 1 is 1.11 bits per heavy atom. The van der Waals surface area contributed by atoms with Crippen LogP contribution in [0.25, 0.3) is 0 Å². The standard InChI is InChI=1S/C4H7NO4.C3H8O2.C2H6O2/c5-2(4(8)9)1-3(6)7;1-3(5)2-4;3-1-2-4/h2H,1,5H2,(H,6,7)(H,8,9);3-5H,2H2,1H3;3-4H,1-2H2. The fourth-order valence-electron chi connectivity index (χ4n) is 0.275. The molecule has 110 valence electrons. The fourth-order valence-corrected chi connectivity index (χ4v) is 0.275. The third-order valence-electron chi connectivity index (χ3n) is 1.08. The highest BCUT2D eigenvalue weighted by atomic mass is 16.4. The number of aliphatic hydroxyl groups excluding tert-OH is 4. The predicted molar refractivity (Wildman–Crippen MR) is 60.8 cm³/mol. The van der Waals surface area contributed by atoms with E-state index < -0.39 is 30.5 Å². The first kappa shape index (κ1) is 22.0. The van der Waals surface area contributed by atoms with Gasteiger partial charge in [-0.1, -0.05) is 0 Å². The van der Waals surface area contributed by atoms with Crippen LogP contribution in [0.15, 0.2) is 0 Å².